The van der Waals surface area contributed by atoms with Crippen molar-refractivity contribution in [3.8, 4) is 6.07 Å². The van der Waals surface area contributed by atoms with Crippen LogP contribution < -0.4 is 5.32 Å². The van der Waals surface area contributed by atoms with Crippen molar-refractivity contribution in [3.63, 3.8) is 0 Å². The van der Waals surface area contributed by atoms with Gasteiger partial charge in [-0.1, -0.05) is 45.0 Å². The van der Waals surface area contributed by atoms with Crippen molar-refractivity contribution in [2.45, 2.75) is 64.2 Å². The van der Waals surface area contributed by atoms with Crippen LogP contribution in [0.4, 0.5) is 0 Å². The predicted octanol–water partition coefficient (Wildman–Crippen LogP) is 6.40. The smallest absolute Gasteiger partial charge is 0.162 e. The number of carbonyl (C=O) groups is 2. The highest BCUT2D eigenvalue weighted by Gasteiger charge is 2.38. The number of nitriles is 1. The quantitative estimate of drug-likeness (QED) is 0.369. The zero-order valence-electron chi connectivity index (χ0n) is 19.9. The van der Waals surface area contributed by atoms with Crippen LogP contribution in [0.15, 0.2) is 69.0 Å². The summed E-state index contributed by atoms with van der Waals surface area (Å²) >= 11 is 1.54. The maximum Gasteiger partial charge on any atom is 0.162 e. The molecule has 2 aliphatic rings. The van der Waals surface area contributed by atoms with Crippen LogP contribution in [-0.2, 0) is 10.2 Å². The van der Waals surface area contributed by atoms with E-state index in [9.17, 15) is 14.9 Å². The van der Waals surface area contributed by atoms with Crippen LogP contribution in [-0.4, -0.2) is 17.3 Å². The van der Waals surface area contributed by atoms with Gasteiger partial charge in [0.05, 0.1) is 28.9 Å². The summed E-state index contributed by atoms with van der Waals surface area (Å²) in [6, 6.07) is 13.8. The van der Waals surface area contributed by atoms with E-state index in [1.807, 2.05) is 30.3 Å². The Balaban J connectivity index is 1.43. The summed E-state index contributed by atoms with van der Waals surface area (Å²) in [6.45, 7) is 6.47. The third kappa shape index (κ3) is 5.05. The molecule has 0 fully saturated rings. The lowest BCUT2D eigenvalue weighted by Gasteiger charge is -2.32. The number of dihydropyridines is 1. The zero-order chi connectivity index (χ0) is 24.3. The molecule has 1 atom stereocenters. The first-order valence-corrected chi connectivity index (χ1v) is 12.8. The average molecular weight is 475 g/mol. The zero-order valence-corrected chi connectivity index (χ0v) is 20.8. The fourth-order valence-electron chi connectivity index (χ4n) is 4.48. The Labute approximate surface area is 205 Å². The number of thioether (sulfide) groups is 1. The van der Waals surface area contributed by atoms with Gasteiger partial charge in [0, 0.05) is 29.7 Å². The topological polar surface area (TPSA) is 83.1 Å². The van der Waals surface area contributed by atoms with Gasteiger partial charge in [0.25, 0.3) is 0 Å². The molecule has 1 aromatic carbocycles. The van der Waals surface area contributed by atoms with Gasteiger partial charge in [-0.05, 0) is 48.1 Å². The van der Waals surface area contributed by atoms with Gasteiger partial charge >= 0.3 is 0 Å². The van der Waals surface area contributed by atoms with Gasteiger partial charge in [-0.15, -0.1) is 11.8 Å². The first-order chi connectivity index (χ1) is 16.3. The lowest BCUT2D eigenvalue weighted by molar-refractivity contribution is -0.116. The molecule has 2 heterocycles. The van der Waals surface area contributed by atoms with Crippen molar-refractivity contribution < 1.29 is 14.0 Å². The van der Waals surface area contributed by atoms with Crippen LogP contribution in [0.1, 0.15) is 80.5 Å². The van der Waals surface area contributed by atoms with E-state index in [0.29, 0.717) is 41.9 Å². The number of ketones is 2. The van der Waals surface area contributed by atoms with E-state index in [0.717, 1.165) is 29.1 Å². The molecule has 0 bridgehead atoms. The Morgan fingerprint density at radius 1 is 1.21 bits per heavy atom. The molecule has 1 aliphatic heterocycles. The molecule has 2 aromatic rings. The first-order valence-electron chi connectivity index (χ1n) is 11.8. The number of hydrogen-bond donors (Lipinski definition) is 1. The van der Waals surface area contributed by atoms with E-state index in [-0.39, 0.29) is 17.0 Å². The summed E-state index contributed by atoms with van der Waals surface area (Å²) in [5, 5.41) is 14.1. The molecular formula is C28H30N2O3S. The lowest BCUT2D eigenvalue weighted by atomic mass is 9.79. The van der Waals surface area contributed by atoms with Gasteiger partial charge in [0.2, 0.25) is 0 Å². The molecule has 1 N–H and O–H groups in total. The van der Waals surface area contributed by atoms with Crippen molar-refractivity contribution in [2.75, 3.05) is 5.75 Å². The summed E-state index contributed by atoms with van der Waals surface area (Å²) in [5.74, 6) is 1.06. The van der Waals surface area contributed by atoms with Gasteiger partial charge in [0.1, 0.15) is 5.76 Å². The van der Waals surface area contributed by atoms with Gasteiger partial charge in [0.15, 0.2) is 11.6 Å². The summed E-state index contributed by atoms with van der Waals surface area (Å²) in [4.78, 5) is 25.4. The highest BCUT2D eigenvalue weighted by molar-refractivity contribution is 8.03. The highest BCUT2D eigenvalue weighted by atomic mass is 32.2. The molecule has 0 saturated heterocycles. The molecule has 0 saturated carbocycles. The number of hydrogen-bond acceptors (Lipinski definition) is 6. The normalized spacial score (nSPS) is 18.4. The Morgan fingerprint density at radius 3 is 2.62 bits per heavy atom. The number of benzene rings is 1. The molecule has 0 unspecified atom stereocenters. The van der Waals surface area contributed by atoms with Crippen molar-refractivity contribution in [1.29, 1.82) is 5.26 Å². The minimum atomic E-state index is -0.463. The standard InChI is InChI=1S/C28H30N2O3S/c1-28(2,3)19-13-11-18(12-14-19)22(31)9-6-16-34-27-20(17-29)25(24-10-5-15-33-24)26-21(30-27)7-4-8-23(26)32/h5,10-15,25,30H,4,6-9,16H2,1-3H3/t25-/m1/s1. The summed E-state index contributed by atoms with van der Waals surface area (Å²) in [6.07, 6.45) is 4.81. The van der Waals surface area contributed by atoms with Gasteiger partial charge in [-0.25, -0.2) is 0 Å². The number of carbonyl (C=O) groups excluding carboxylic acids is 2. The number of nitrogens with one attached hydrogen (secondary N) is 1. The van der Waals surface area contributed by atoms with Crippen LogP contribution in [0, 0.1) is 11.3 Å². The van der Waals surface area contributed by atoms with Gasteiger partial charge < -0.3 is 9.73 Å². The number of rotatable bonds is 7. The average Bonchev–Trinajstić information content (AvgIpc) is 3.35. The van der Waals surface area contributed by atoms with Crippen LogP contribution >= 0.6 is 11.8 Å². The number of furan rings is 1. The second-order valence-corrected chi connectivity index (χ2v) is 10.9. The molecule has 176 valence electrons. The van der Waals surface area contributed by atoms with E-state index in [1.165, 1.54) is 17.3 Å². The fourth-order valence-corrected chi connectivity index (χ4v) is 5.49. The maximum atomic E-state index is 12.7. The molecule has 0 amide bonds. The van der Waals surface area contributed by atoms with Crippen LogP contribution in [0.25, 0.3) is 0 Å². The van der Waals surface area contributed by atoms with Crippen molar-refractivity contribution in [2.24, 2.45) is 0 Å². The molecule has 6 heteroatoms. The van der Waals surface area contributed by atoms with Crippen LogP contribution in [0.2, 0.25) is 0 Å². The molecule has 34 heavy (non-hydrogen) atoms. The van der Waals surface area contributed by atoms with Crippen molar-refractivity contribution in [3.05, 3.63) is 81.4 Å². The Bertz CT molecular complexity index is 1180. The summed E-state index contributed by atoms with van der Waals surface area (Å²) in [7, 11) is 0. The predicted molar refractivity (Wildman–Crippen MR) is 134 cm³/mol. The van der Waals surface area contributed by atoms with Crippen molar-refractivity contribution >= 4 is 23.3 Å². The monoisotopic (exact) mass is 474 g/mol. The Morgan fingerprint density at radius 2 is 1.97 bits per heavy atom. The highest BCUT2D eigenvalue weighted by Crippen LogP contribution is 2.44. The van der Waals surface area contributed by atoms with E-state index in [1.54, 1.807) is 12.3 Å². The molecule has 1 aliphatic carbocycles. The lowest BCUT2D eigenvalue weighted by Crippen LogP contribution is -2.31. The van der Waals surface area contributed by atoms with E-state index in [4.69, 9.17) is 4.42 Å². The second-order valence-electron chi connectivity index (χ2n) is 9.80. The fraction of sp³-hybridized carbons (Fsp3) is 0.393. The van der Waals surface area contributed by atoms with E-state index < -0.39 is 5.92 Å². The second kappa shape index (κ2) is 10.1. The van der Waals surface area contributed by atoms with Crippen LogP contribution in [0.3, 0.4) is 0 Å². The minimum Gasteiger partial charge on any atom is -0.468 e. The van der Waals surface area contributed by atoms with Gasteiger partial charge in [-0.2, -0.15) is 5.26 Å². The third-order valence-corrected chi connectivity index (χ3v) is 7.46. The molecule has 4 rings (SSSR count). The van der Waals surface area contributed by atoms with E-state index >= 15 is 0 Å². The number of allylic oxidation sites excluding steroid dienone is 3. The van der Waals surface area contributed by atoms with Crippen LogP contribution in [0.5, 0.6) is 0 Å². The molecule has 0 radical (unpaired) electrons. The molecule has 1 aromatic heterocycles. The Kier molecular flexibility index (Phi) is 7.13. The maximum absolute atomic E-state index is 12.7. The largest absolute Gasteiger partial charge is 0.468 e. The molecular weight excluding hydrogens is 444 g/mol. The summed E-state index contributed by atoms with van der Waals surface area (Å²) < 4.78 is 5.63. The number of Topliss-reactive ketones (excluding diaryl/α,β-unsaturated/α-hetero) is 2. The van der Waals surface area contributed by atoms with Crippen molar-refractivity contribution in [1.82, 2.24) is 5.32 Å². The third-order valence-electron chi connectivity index (χ3n) is 6.36. The molecule has 5 nitrogen and oxygen atoms in total. The summed E-state index contributed by atoms with van der Waals surface area (Å²) in [5.41, 5.74) is 4.07. The minimum absolute atomic E-state index is 0.0587. The Hall–Kier alpha value is -3.04. The SMILES string of the molecule is CC(C)(C)c1ccc(C(=O)CCCSC2=C(C#N)[C@H](c3ccco3)C3=C(CCCC3=O)N2)cc1. The first kappa shape index (κ1) is 24.1. The van der Waals surface area contributed by atoms with Gasteiger partial charge in [-0.3, -0.25) is 9.59 Å². The molecule has 0 spiro atoms. The number of nitrogens with zero attached hydrogens (tertiary/aromatic N) is 1. The van der Waals surface area contributed by atoms with E-state index in [2.05, 4.69) is 32.2 Å².